The maximum atomic E-state index is 4.94. The van der Waals surface area contributed by atoms with Crippen molar-refractivity contribution in [3.05, 3.63) is 0 Å². The number of amidine groups is 1. The topological polar surface area (TPSA) is 27.6 Å². The molecular weight excluding hydrogens is 218 g/mol. The zero-order chi connectivity index (χ0) is 11.0. The van der Waals surface area contributed by atoms with Gasteiger partial charge in [-0.3, -0.25) is 9.89 Å². The molecule has 0 spiro atoms. The van der Waals surface area contributed by atoms with Crippen LogP contribution >= 0.6 is 11.8 Å². The molecule has 1 N–H and O–H groups in total. The van der Waals surface area contributed by atoms with Crippen molar-refractivity contribution in [2.45, 2.75) is 50.7 Å². The zero-order valence-electron chi connectivity index (χ0n) is 9.98. The van der Waals surface area contributed by atoms with Crippen LogP contribution in [0, 0.1) is 0 Å². The monoisotopic (exact) mass is 239 g/mol. The van der Waals surface area contributed by atoms with E-state index >= 15 is 0 Å². The van der Waals surface area contributed by atoms with Gasteiger partial charge in [0.15, 0.2) is 5.17 Å². The van der Waals surface area contributed by atoms with Gasteiger partial charge in [-0.25, -0.2) is 0 Å². The van der Waals surface area contributed by atoms with Crippen molar-refractivity contribution in [2.75, 3.05) is 18.8 Å². The smallest absolute Gasteiger partial charge is 0.157 e. The van der Waals surface area contributed by atoms with Crippen molar-refractivity contribution >= 4 is 16.9 Å². The van der Waals surface area contributed by atoms with E-state index in [1.807, 2.05) is 11.8 Å². The van der Waals surface area contributed by atoms with Crippen molar-refractivity contribution in [3.63, 3.8) is 0 Å². The molecule has 3 aliphatic heterocycles. The van der Waals surface area contributed by atoms with Crippen LogP contribution < -0.4 is 5.32 Å². The van der Waals surface area contributed by atoms with E-state index in [0.29, 0.717) is 12.1 Å². The summed E-state index contributed by atoms with van der Waals surface area (Å²) >= 11 is 1.90. The molecule has 0 aromatic rings. The highest BCUT2D eigenvalue weighted by molar-refractivity contribution is 8.14. The maximum absolute atomic E-state index is 4.94. The average Bonchev–Trinajstić information content (AvgIpc) is 2.87. The van der Waals surface area contributed by atoms with E-state index in [4.69, 9.17) is 4.99 Å². The van der Waals surface area contributed by atoms with Gasteiger partial charge in [0, 0.05) is 24.4 Å². The number of aliphatic imine (C=N–C) groups is 1. The number of nitrogens with one attached hydrogen (secondary N) is 1. The highest BCUT2D eigenvalue weighted by Crippen LogP contribution is 2.30. The summed E-state index contributed by atoms with van der Waals surface area (Å²) in [6, 6.07) is 1.92. The van der Waals surface area contributed by atoms with E-state index in [0.717, 1.165) is 6.04 Å². The van der Waals surface area contributed by atoms with Crippen LogP contribution in [0.25, 0.3) is 0 Å². The second-order valence-corrected chi connectivity index (χ2v) is 6.25. The summed E-state index contributed by atoms with van der Waals surface area (Å²) in [5, 5.41) is 4.67. The number of thioether (sulfide) groups is 1. The Hall–Kier alpha value is -0.220. The van der Waals surface area contributed by atoms with Gasteiger partial charge in [0.2, 0.25) is 0 Å². The SMILES string of the molecule is CC1CSC(=NC2CCN3CCCCC23)N1. The predicted molar refractivity (Wildman–Crippen MR) is 70.1 cm³/mol. The molecule has 4 heteroatoms. The second-order valence-electron chi connectivity index (χ2n) is 5.25. The predicted octanol–water partition coefficient (Wildman–Crippen LogP) is 1.69. The molecule has 3 rings (SSSR count). The molecule has 0 aromatic heterocycles. The lowest BCUT2D eigenvalue weighted by atomic mass is 10.00. The molecule has 0 aromatic carbocycles. The van der Waals surface area contributed by atoms with E-state index in [-0.39, 0.29) is 0 Å². The van der Waals surface area contributed by atoms with Crippen LogP contribution in [-0.4, -0.2) is 47.0 Å². The molecule has 3 nitrogen and oxygen atoms in total. The molecule has 0 amide bonds. The molecule has 16 heavy (non-hydrogen) atoms. The van der Waals surface area contributed by atoms with E-state index in [1.54, 1.807) is 0 Å². The fourth-order valence-corrected chi connectivity index (χ4v) is 4.08. The Bertz CT molecular complexity index is 292. The second kappa shape index (κ2) is 4.57. The maximum Gasteiger partial charge on any atom is 0.157 e. The molecule has 0 saturated carbocycles. The first-order valence-electron chi connectivity index (χ1n) is 6.54. The Labute approximate surface area is 102 Å². The summed E-state index contributed by atoms with van der Waals surface area (Å²) in [6.45, 7) is 4.81. The fraction of sp³-hybridized carbons (Fsp3) is 0.917. The van der Waals surface area contributed by atoms with E-state index in [2.05, 4.69) is 17.1 Å². The number of rotatable bonds is 1. The number of nitrogens with zero attached hydrogens (tertiary/aromatic N) is 2. The third-order valence-electron chi connectivity index (χ3n) is 3.94. The summed E-state index contributed by atoms with van der Waals surface area (Å²) in [6.07, 6.45) is 5.43. The van der Waals surface area contributed by atoms with Crippen LogP contribution in [0.15, 0.2) is 4.99 Å². The van der Waals surface area contributed by atoms with Crippen molar-refractivity contribution in [1.82, 2.24) is 10.2 Å². The highest BCUT2D eigenvalue weighted by Gasteiger charge is 2.35. The quantitative estimate of drug-likeness (QED) is 0.754. The van der Waals surface area contributed by atoms with E-state index in [9.17, 15) is 0 Å². The molecule has 3 saturated heterocycles. The third-order valence-corrected chi connectivity index (χ3v) is 5.11. The number of piperidine rings is 1. The number of hydrogen-bond donors (Lipinski definition) is 1. The lowest BCUT2D eigenvalue weighted by Gasteiger charge is -2.31. The molecule has 3 aliphatic rings. The largest absolute Gasteiger partial charge is 0.362 e. The Kier molecular flexibility index (Phi) is 3.11. The zero-order valence-corrected chi connectivity index (χ0v) is 10.8. The van der Waals surface area contributed by atoms with Crippen molar-refractivity contribution in [1.29, 1.82) is 0 Å². The lowest BCUT2D eigenvalue weighted by Crippen LogP contribution is -2.39. The van der Waals surface area contributed by atoms with Crippen LogP contribution in [0.5, 0.6) is 0 Å². The van der Waals surface area contributed by atoms with Crippen molar-refractivity contribution < 1.29 is 0 Å². The van der Waals surface area contributed by atoms with Crippen molar-refractivity contribution in [2.24, 2.45) is 4.99 Å². The number of hydrogen-bond acceptors (Lipinski definition) is 3. The molecule has 3 atom stereocenters. The van der Waals surface area contributed by atoms with Crippen LogP contribution in [0.1, 0.15) is 32.6 Å². The molecule has 0 bridgehead atoms. The molecular formula is C12H21N3S. The Morgan fingerprint density at radius 1 is 1.31 bits per heavy atom. The molecule has 3 fully saturated rings. The van der Waals surface area contributed by atoms with Crippen LogP contribution in [0.3, 0.4) is 0 Å². The van der Waals surface area contributed by atoms with E-state index < -0.39 is 0 Å². The summed E-state index contributed by atoms with van der Waals surface area (Å²) < 4.78 is 0. The van der Waals surface area contributed by atoms with Crippen molar-refractivity contribution in [3.8, 4) is 0 Å². The minimum Gasteiger partial charge on any atom is -0.362 e. The van der Waals surface area contributed by atoms with Gasteiger partial charge in [-0.15, -0.1) is 0 Å². The van der Waals surface area contributed by atoms with Gasteiger partial charge >= 0.3 is 0 Å². The normalized spacial score (nSPS) is 42.3. The minimum absolute atomic E-state index is 0.570. The summed E-state index contributed by atoms with van der Waals surface area (Å²) in [5.41, 5.74) is 0. The standard InChI is InChI=1S/C12H21N3S/c1-9-8-16-12(13-9)14-10-5-7-15-6-3-2-4-11(10)15/h9-11H,2-8H2,1H3,(H,13,14). The van der Waals surface area contributed by atoms with Gasteiger partial charge < -0.3 is 5.32 Å². The molecule has 3 unspecified atom stereocenters. The summed E-state index contributed by atoms with van der Waals surface area (Å²) in [4.78, 5) is 7.59. The Balaban J connectivity index is 1.67. The van der Waals surface area contributed by atoms with Gasteiger partial charge in [-0.05, 0) is 32.7 Å². The summed E-state index contributed by atoms with van der Waals surface area (Å²) in [7, 11) is 0. The first kappa shape index (κ1) is 10.9. The van der Waals surface area contributed by atoms with Gasteiger partial charge in [0.1, 0.15) is 0 Å². The van der Waals surface area contributed by atoms with Crippen LogP contribution in [-0.2, 0) is 0 Å². The number of fused-ring (bicyclic) bond motifs is 1. The van der Waals surface area contributed by atoms with Gasteiger partial charge in [0.05, 0.1) is 6.04 Å². The Morgan fingerprint density at radius 2 is 2.25 bits per heavy atom. The Morgan fingerprint density at radius 3 is 3.06 bits per heavy atom. The fourth-order valence-electron chi connectivity index (χ4n) is 3.09. The first-order valence-corrected chi connectivity index (χ1v) is 7.52. The van der Waals surface area contributed by atoms with E-state index in [1.165, 1.54) is 49.7 Å². The minimum atomic E-state index is 0.570. The average molecular weight is 239 g/mol. The molecule has 0 aliphatic carbocycles. The first-order chi connectivity index (χ1) is 7.83. The molecule has 0 radical (unpaired) electrons. The van der Waals surface area contributed by atoms with Gasteiger partial charge in [-0.2, -0.15) is 0 Å². The molecule has 90 valence electrons. The third kappa shape index (κ3) is 2.09. The van der Waals surface area contributed by atoms with Crippen LogP contribution in [0.4, 0.5) is 0 Å². The summed E-state index contributed by atoms with van der Waals surface area (Å²) in [5.74, 6) is 1.18. The van der Waals surface area contributed by atoms with Gasteiger partial charge in [0.25, 0.3) is 0 Å². The molecule has 3 heterocycles. The van der Waals surface area contributed by atoms with Gasteiger partial charge in [-0.1, -0.05) is 18.2 Å². The van der Waals surface area contributed by atoms with Crippen LogP contribution in [0.2, 0.25) is 0 Å². The lowest BCUT2D eigenvalue weighted by molar-refractivity contribution is 0.190. The highest BCUT2D eigenvalue weighted by atomic mass is 32.2.